The number of Topliss-reactive ketones (excluding diaryl/α,β-unsaturated/α-hetero) is 4. The summed E-state index contributed by atoms with van der Waals surface area (Å²) in [7, 11) is 1.91. The summed E-state index contributed by atoms with van der Waals surface area (Å²) >= 11 is 8.27. The van der Waals surface area contributed by atoms with Crippen molar-refractivity contribution in [3.05, 3.63) is 36.0 Å². The fraction of sp³-hybridized carbons (Fsp3) is 0.587. The molecule has 370 valence electrons. The molecule has 68 heavy (non-hydrogen) atoms. The third-order valence-electron chi connectivity index (χ3n) is 12.1. The summed E-state index contributed by atoms with van der Waals surface area (Å²) in [6.45, 7) is 3.50. The lowest BCUT2D eigenvalue weighted by atomic mass is 9.99. The van der Waals surface area contributed by atoms with Gasteiger partial charge in [-0.25, -0.2) is 8.78 Å². The van der Waals surface area contributed by atoms with E-state index in [0.29, 0.717) is 49.2 Å². The van der Waals surface area contributed by atoms with E-state index < -0.39 is 91.0 Å². The summed E-state index contributed by atoms with van der Waals surface area (Å²) in [6, 6.07) is 6.37. The SMILES string of the molecule is CC(=O)C[C@@H](CS)C(=O)NCC(=O)C[C@@H](CS)C(=O)N[C@@H](CCC(=O)O)C(=O)CCC(=O)N1CCN(CCCN(C)c2ccc3nccc(C(=O)CCC(=O)N4CC(F)(F)C[C@H]4C#N)c3c2)CC1. The van der Waals surface area contributed by atoms with Gasteiger partial charge in [-0.3, -0.25) is 48.2 Å². The Morgan fingerprint density at radius 3 is 2.25 bits per heavy atom. The Hall–Kier alpha value is -5.53. The number of nitrogens with one attached hydrogen (secondary N) is 2. The zero-order valence-electron chi connectivity index (χ0n) is 38.3. The van der Waals surface area contributed by atoms with Crippen LogP contribution in [0.5, 0.6) is 0 Å². The van der Waals surface area contributed by atoms with E-state index >= 15 is 0 Å². The molecule has 2 aliphatic rings. The van der Waals surface area contributed by atoms with Crippen LogP contribution in [0.2, 0.25) is 0 Å². The summed E-state index contributed by atoms with van der Waals surface area (Å²) in [5.41, 5.74) is 1.74. The normalized spacial score (nSPS) is 17.1. The molecule has 0 radical (unpaired) electrons. The minimum atomic E-state index is -3.15. The number of alkyl halides is 2. The maximum atomic E-state index is 13.9. The average molecular weight is 987 g/mol. The van der Waals surface area contributed by atoms with Gasteiger partial charge < -0.3 is 35.2 Å². The van der Waals surface area contributed by atoms with Gasteiger partial charge in [0.05, 0.1) is 42.6 Å². The molecular weight excluding hydrogens is 927 g/mol. The first-order valence-corrected chi connectivity index (χ1v) is 23.8. The summed E-state index contributed by atoms with van der Waals surface area (Å²) in [5.74, 6) is -9.78. The molecule has 0 aliphatic carbocycles. The van der Waals surface area contributed by atoms with Gasteiger partial charge in [0.25, 0.3) is 5.92 Å². The number of carbonyl (C=O) groups is 9. The Morgan fingerprint density at radius 2 is 1.60 bits per heavy atom. The van der Waals surface area contributed by atoms with Crippen molar-refractivity contribution in [3.63, 3.8) is 0 Å². The molecule has 3 N–H and O–H groups in total. The Bertz CT molecular complexity index is 2240. The van der Waals surface area contributed by atoms with Crippen molar-refractivity contribution in [1.82, 2.24) is 30.3 Å². The summed E-state index contributed by atoms with van der Waals surface area (Å²) in [5, 5.41) is 24.1. The topological polar surface area (TPSA) is 248 Å². The Balaban J connectivity index is 1.21. The van der Waals surface area contributed by atoms with Crippen LogP contribution < -0.4 is 15.5 Å². The number of amides is 4. The summed E-state index contributed by atoms with van der Waals surface area (Å²) in [4.78, 5) is 125. The number of aliphatic carboxylic acids is 1. The van der Waals surface area contributed by atoms with Crippen LogP contribution in [0.1, 0.15) is 81.5 Å². The second-order valence-corrected chi connectivity index (χ2v) is 18.0. The molecule has 0 bridgehead atoms. The lowest BCUT2D eigenvalue weighted by Crippen LogP contribution is -2.49. The highest BCUT2D eigenvalue weighted by Crippen LogP contribution is 2.32. The number of fused-ring (bicyclic) bond motifs is 1. The van der Waals surface area contributed by atoms with Gasteiger partial charge in [0.15, 0.2) is 17.3 Å². The molecule has 2 fully saturated rings. The molecule has 0 saturated carbocycles. The van der Waals surface area contributed by atoms with E-state index in [-0.39, 0.29) is 73.9 Å². The Kier molecular flexibility index (Phi) is 21.3. The molecule has 3 heterocycles. The summed E-state index contributed by atoms with van der Waals surface area (Å²) < 4.78 is 27.8. The first kappa shape index (κ1) is 55.1. The monoisotopic (exact) mass is 986 g/mol. The van der Waals surface area contributed by atoms with Crippen molar-refractivity contribution in [2.24, 2.45) is 11.8 Å². The van der Waals surface area contributed by atoms with Crippen molar-refractivity contribution in [2.45, 2.75) is 89.1 Å². The Labute approximate surface area is 404 Å². The maximum Gasteiger partial charge on any atom is 0.303 e. The van der Waals surface area contributed by atoms with E-state index in [2.05, 4.69) is 45.8 Å². The van der Waals surface area contributed by atoms with E-state index in [1.807, 2.05) is 24.1 Å². The van der Waals surface area contributed by atoms with E-state index in [1.54, 1.807) is 23.1 Å². The molecular formula is C46H60F2N8O10S2. The number of piperazine rings is 1. The van der Waals surface area contributed by atoms with E-state index in [9.17, 15) is 62.3 Å². The molecule has 18 nitrogen and oxygen atoms in total. The molecule has 2 aliphatic heterocycles. The van der Waals surface area contributed by atoms with Gasteiger partial charge in [-0.1, -0.05) is 0 Å². The van der Waals surface area contributed by atoms with Gasteiger partial charge >= 0.3 is 5.97 Å². The third-order valence-corrected chi connectivity index (χ3v) is 12.9. The van der Waals surface area contributed by atoms with Crippen molar-refractivity contribution >= 4 is 94.6 Å². The Morgan fingerprint density at radius 1 is 0.926 bits per heavy atom. The number of carboxylic acid groups (broad SMARTS) is 1. The first-order valence-electron chi connectivity index (χ1n) is 22.5. The fourth-order valence-corrected chi connectivity index (χ4v) is 8.72. The number of carbonyl (C=O) groups excluding carboxylic acids is 8. The number of rotatable bonds is 27. The number of nitrogens with zero attached hydrogens (tertiary/aromatic N) is 6. The van der Waals surface area contributed by atoms with E-state index in [4.69, 9.17) is 0 Å². The highest BCUT2D eigenvalue weighted by Gasteiger charge is 2.47. The molecule has 0 unspecified atom stereocenters. The number of carboxylic acids is 1. The number of thiol groups is 2. The second-order valence-electron chi connectivity index (χ2n) is 17.3. The lowest BCUT2D eigenvalue weighted by Gasteiger charge is -2.35. The van der Waals surface area contributed by atoms with Crippen LogP contribution in [-0.2, 0) is 38.4 Å². The molecule has 4 amide bonds. The number of likely N-dealkylation sites (tertiary alicyclic amines) is 1. The first-order chi connectivity index (χ1) is 32.2. The average Bonchev–Trinajstić information content (AvgIpc) is 3.64. The van der Waals surface area contributed by atoms with Gasteiger partial charge in [0.2, 0.25) is 23.6 Å². The zero-order chi connectivity index (χ0) is 50.1. The smallest absolute Gasteiger partial charge is 0.303 e. The minimum absolute atomic E-state index is 0.0367. The van der Waals surface area contributed by atoms with Crippen LogP contribution in [0.4, 0.5) is 14.5 Å². The van der Waals surface area contributed by atoms with E-state index in [0.717, 1.165) is 23.6 Å². The summed E-state index contributed by atoms with van der Waals surface area (Å²) in [6.07, 6.45) is -0.410. The van der Waals surface area contributed by atoms with Crippen LogP contribution in [0.15, 0.2) is 30.5 Å². The van der Waals surface area contributed by atoms with Gasteiger partial charge in [0, 0.05) is 125 Å². The predicted molar refractivity (Wildman–Crippen MR) is 253 cm³/mol. The van der Waals surface area contributed by atoms with Crippen LogP contribution >= 0.6 is 25.3 Å². The largest absolute Gasteiger partial charge is 0.481 e. The molecule has 2 saturated heterocycles. The zero-order valence-corrected chi connectivity index (χ0v) is 40.1. The predicted octanol–water partition coefficient (Wildman–Crippen LogP) is 2.77. The third kappa shape index (κ3) is 16.6. The highest BCUT2D eigenvalue weighted by atomic mass is 32.1. The standard InChI is InChI=1S/C46H60F2N8O10S2/c1-29(57)20-30(26-67)44(65)51-25-34(58)21-31(27-68)45(66)52-38(6-11-43(63)64)40(60)8-9-41(61)55-18-16-54(17-19-55)15-3-14-53(2)32-4-5-37-36(22-32)35(12-13-50-37)39(59)7-10-42(62)56-28-46(47,48)23-33(56)24-49/h4-5,12-13,22,30-31,33,38,67-68H,3,6-11,14-21,23,25-28H2,1-2H3,(H,51,65)(H,52,66)(H,63,64)/t30-,31-,33-,38-/m0/s1. The number of hydrogen-bond donors (Lipinski definition) is 5. The fourth-order valence-electron chi connectivity index (χ4n) is 8.13. The van der Waals surface area contributed by atoms with Crippen molar-refractivity contribution in [1.29, 1.82) is 5.26 Å². The second kappa shape index (κ2) is 26.3. The van der Waals surface area contributed by atoms with Crippen molar-refractivity contribution in [2.75, 3.05) is 75.8 Å². The number of pyridine rings is 1. The van der Waals surface area contributed by atoms with Gasteiger partial charge in [-0.2, -0.15) is 30.5 Å². The number of ketones is 4. The number of halogens is 2. The van der Waals surface area contributed by atoms with Crippen molar-refractivity contribution in [3.8, 4) is 6.07 Å². The molecule has 4 atom stereocenters. The van der Waals surface area contributed by atoms with Crippen molar-refractivity contribution < 1.29 is 57.0 Å². The van der Waals surface area contributed by atoms with Gasteiger partial charge in [-0.15, -0.1) is 0 Å². The minimum Gasteiger partial charge on any atom is -0.481 e. The number of aromatic nitrogens is 1. The molecule has 0 spiro atoms. The quantitative estimate of drug-likeness (QED) is 0.0639. The van der Waals surface area contributed by atoms with Crippen LogP contribution in [0.25, 0.3) is 10.9 Å². The van der Waals surface area contributed by atoms with Gasteiger partial charge in [0.1, 0.15) is 11.8 Å². The van der Waals surface area contributed by atoms with Crippen LogP contribution in [-0.4, -0.2) is 166 Å². The number of hydrogen-bond acceptors (Lipinski definition) is 15. The number of nitriles is 1. The molecule has 4 rings (SSSR count). The van der Waals surface area contributed by atoms with Crippen LogP contribution in [0, 0.1) is 23.2 Å². The van der Waals surface area contributed by atoms with Gasteiger partial charge in [-0.05, 0) is 50.6 Å². The maximum absolute atomic E-state index is 13.9. The number of anilines is 1. The van der Waals surface area contributed by atoms with Crippen LogP contribution in [0.3, 0.4) is 0 Å². The lowest BCUT2D eigenvalue weighted by molar-refractivity contribution is -0.139. The number of benzene rings is 1. The molecule has 1 aromatic carbocycles. The van der Waals surface area contributed by atoms with E-state index in [1.165, 1.54) is 13.1 Å². The molecule has 22 heteroatoms. The highest BCUT2D eigenvalue weighted by molar-refractivity contribution is 7.80. The molecule has 1 aromatic heterocycles. The molecule has 2 aromatic rings.